The van der Waals surface area contributed by atoms with Crippen LogP contribution in [0.25, 0.3) is 17.7 Å². The van der Waals surface area contributed by atoms with Crippen molar-refractivity contribution < 1.29 is 0 Å². The van der Waals surface area contributed by atoms with Gasteiger partial charge in [-0.2, -0.15) is 0 Å². The Morgan fingerprint density at radius 2 is 1.52 bits per heavy atom. The van der Waals surface area contributed by atoms with Crippen LogP contribution in [0.15, 0.2) is 54.6 Å². The summed E-state index contributed by atoms with van der Waals surface area (Å²) in [6.07, 6.45) is 6.56. The monoisotopic (exact) mass is 343 g/mol. The first-order valence-electron chi connectivity index (χ1n) is 7.78. The van der Waals surface area contributed by atoms with E-state index >= 15 is 0 Å². The third-order valence-electron chi connectivity index (χ3n) is 4.00. The number of rotatable bonds is 6. The molecule has 23 heavy (non-hydrogen) atoms. The van der Waals surface area contributed by atoms with Crippen molar-refractivity contribution in [1.29, 1.82) is 0 Å². The van der Waals surface area contributed by atoms with Crippen LogP contribution in [-0.4, -0.2) is 24.8 Å². The lowest BCUT2D eigenvalue weighted by atomic mass is 10.0. The van der Waals surface area contributed by atoms with Gasteiger partial charge in [-0.3, -0.25) is 0 Å². The maximum absolute atomic E-state index is 5.87. The summed E-state index contributed by atoms with van der Waals surface area (Å²) in [5, 5.41) is 0. The predicted molar refractivity (Wildman–Crippen MR) is 103 cm³/mol. The number of fused-ring (bicyclic) bond motifs is 1. The summed E-state index contributed by atoms with van der Waals surface area (Å²) in [5.41, 5.74) is 6.19. The van der Waals surface area contributed by atoms with Gasteiger partial charge in [-0.05, 0) is 40.5 Å². The molecule has 0 unspecified atom stereocenters. The minimum Gasteiger partial charge on any atom is -0.369 e. The van der Waals surface area contributed by atoms with Gasteiger partial charge < -0.3 is 4.90 Å². The molecule has 0 bridgehead atoms. The van der Waals surface area contributed by atoms with E-state index in [9.17, 15) is 0 Å². The molecule has 0 saturated carbocycles. The lowest BCUT2D eigenvalue weighted by molar-refractivity contribution is 0.874. The molecule has 118 valence electrons. The van der Waals surface area contributed by atoms with Crippen molar-refractivity contribution >= 4 is 46.6 Å². The molecule has 0 fully saturated rings. The SMILES string of the molecule is ClCCN(CCCl)c1ccc(/C=C2/C=Cc3ccccc32)cc1. The van der Waals surface area contributed by atoms with Crippen LogP contribution in [0.2, 0.25) is 0 Å². The zero-order chi connectivity index (χ0) is 16.1. The third-order valence-corrected chi connectivity index (χ3v) is 4.34. The Morgan fingerprint density at radius 1 is 0.826 bits per heavy atom. The molecule has 3 heteroatoms. The second-order valence-electron chi connectivity index (χ2n) is 5.48. The van der Waals surface area contributed by atoms with Gasteiger partial charge in [0.05, 0.1) is 0 Å². The van der Waals surface area contributed by atoms with E-state index in [4.69, 9.17) is 23.2 Å². The number of hydrogen-bond acceptors (Lipinski definition) is 1. The number of benzene rings is 2. The fourth-order valence-electron chi connectivity index (χ4n) is 2.84. The average molecular weight is 344 g/mol. The number of hydrogen-bond donors (Lipinski definition) is 0. The zero-order valence-electron chi connectivity index (χ0n) is 12.9. The van der Waals surface area contributed by atoms with Crippen LogP contribution in [0.4, 0.5) is 5.69 Å². The molecule has 0 radical (unpaired) electrons. The standard InChI is InChI=1S/C20H19Cl2N/c21-11-13-23(14-12-22)19-9-5-16(6-10-19)15-18-8-7-17-3-1-2-4-20(17)18/h1-10,15H,11-14H2/b18-15-. The van der Waals surface area contributed by atoms with Gasteiger partial charge >= 0.3 is 0 Å². The van der Waals surface area contributed by atoms with Gasteiger partial charge in [0.25, 0.3) is 0 Å². The first kappa shape index (κ1) is 16.2. The minimum absolute atomic E-state index is 0.601. The molecule has 1 aliphatic rings. The molecule has 0 heterocycles. The first-order valence-corrected chi connectivity index (χ1v) is 8.85. The van der Waals surface area contributed by atoms with Crippen LogP contribution in [0.5, 0.6) is 0 Å². The average Bonchev–Trinajstić information content (AvgIpc) is 2.99. The number of allylic oxidation sites excluding steroid dienone is 2. The lowest BCUT2D eigenvalue weighted by Crippen LogP contribution is -2.27. The largest absolute Gasteiger partial charge is 0.369 e. The van der Waals surface area contributed by atoms with Gasteiger partial charge in [-0.25, -0.2) is 0 Å². The highest BCUT2D eigenvalue weighted by atomic mass is 35.5. The van der Waals surface area contributed by atoms with Crippen molar-refractivity contribution in [3.63, 3.8) is 0 Å². The van der Waals surface area contributed by atoms with Crippen molar-refractivity contribution in [3.05, 3.63) is 71.3 Å². The molecule has 0 aromatic heterocycles. The third kappa shape index (κ3) is 3.80. The minimum atomic E-state index is 0.601. The van der Waals surface area contributed by atoms with Gasteiger partial charge in [0, 0.05) is 30.5 Å². The highest BCUT2D eigenvalue weighted by molar-refractivity contribution is 6.18. The number of anilines is 1. The van der Waals surface area contributed by atoms with E-state index < -0.39 is 0 Å². The fourth-order valence-corrected chi connectivity index (χ4v) is 3.24. The summed E-state index contributed by atoms with van der Waals surface area (Å²) in [5.74, 6) is 1.20. The van der Waals surface area contributed by atoms with E-state index in [1.54, 1.807) is 0 Å². The predicted octanol–water partition coefficient (Wildman–Crippen LogP) is 5.54. The van der Waals surface area contributed by atoms with E-state index in [1.165, 1.54) is 22.3 Å². The molecule has 3 rings (SSSR count). The molecule has 2 aromatic carbocycles. The summed E-state index contributed by atoms with van der Waals surface area (Å²) in [6.45, 7) is 1.62. The Hall–Kier alpha value is -1.70. The Bertz CT molecular complexity index is 711. The molecule has 0 aliphatic heterocycles. The van der Waals surface area contributed by atoms with Crippen LogP contribution in [0.1, 0.15) is 16.7 Å². The Morgan fingerprint density at radius 3 is 2.22 bits per heavy atom. The van der Waals surface area contributed by atoms with Crippen LogP contribution >= 0.6 is 23.2 Å². The van der Waals surface area contributed by atoms with Gasteiger partial charge in [0.15, 0.2) is 0 Å². The van der Waals surface area contributed by atoms with E-state index in [0.29, 0.717) is 11.8 Å². The van der Waals surface area contributed by atoms with Crippen molar-refractivity contribution in [1.82, 2.24) is 0 Å². The van der Waals surface area contributed by atoms with Crippen molar-refractivity contribution in [2.24, 2.45) is 0 Å². The number of alkyl halides is 2. The van der Waals surface area contributed by atoms with Gasteiger partial charge in [0.2, 0.25) is 0 Å². The van der Waals surface area contributed by atoms with Gasteiger partial charge in [-0.15, -0.1) is 23.2 Å². The second kappa shape index (κ2) is 7.72. The lowest BCUT2D eigenvalue weighted by Gasteiger charge is -2.22. The highest BCUT2D eigenvalue weighted by Crippen LogP contribution is 2.30. The number of halogens is 2. The molecule has 0 spiro atoms. The molecular formula is C20H19Cl2N. The maximum atomic E-state index is 5.87. The van der Waals surface area contributed by atoms with E-state index in [-0.39, 0.29) is 0 Å². The first-order chi connectivity index (χ1) is 11.3. The van der Waals surface area contributed by atoms with E-state index in [0.717, 1.165) is 18.8 Å². The summed E-state index contributed by atoms with van der Waals surface area (Å²) in [4.78, 5) is 2.21. The Labute approximate surface area is 147 Å². The molecule has 0 N–H and O–H groups in total. The summed E-state index contributed by atoms with van der Waals surface area (Å²) >= 11 is 11.7. The number of nitrogens with zero attached hydrogens (tertiary/aromatic N) is 1. The topological polar surface area (TPSA) is 3.24 Å². The summed E-state index contributed by atoms with van der Waals surface area (Å²) < 4.78 is 0. The molecule has 2 aromatic rings. The van der Waals surface area contributed by atoms with Crippen molar-refractivity contribution in [3.8, 4) is 0 Å². The normalized spacial score (nSPS) is 14.3. The summed E-state index contributed by atoms with van der Waals surface area (Å²) in [6, 6.07) is 17.0. The molecule has 1 nitrogen and oxygen atoms in total. The zero-order valence-corrected chi connectivity index (χ0v) is 14.4. The van der Waals surface area contributed by atoms with Gasteiger partial charge in [0.1, 0.15) is 0 Å². The molecular weight excluding hydrogens is 325 g/mol. The quantitative estimate of drug-likeness (QED) is 0.622. The van der Waals surface area contributed by atoms with Crippen LogP contribution in [-0.2, 0) is 0 Å². The highest BCUT2D eigenvalue weighted by Gasteiger charge is 2.09. The Kier molecular flexibility index (Phi) is 5.43. The second-order valence-corrected chi connectivity index (χ2v) is 6.23. The molecule has 0 amide bonds. The van der Waals surface area contributed by atoms with E-state index in [2.05, 4.69) is 71.7 Å². The molecule has 0 atom stereocenters. The van der Waals surface area contributed by atoms with Crippen molar-refractivity contribution in [2.45, 2.75) is 0 Å². The van der Waals surface area contributed by atoms with Crippen LogP contribution < -0.4 is 4.90 Å². The van der Waals surface area contributed by atoms with Gasteiger partial charge in [-0.1, -0.05) is 48.6 Å². The van der Waals surface area contributed by atoms with Crippen LogP contribution in [0.3, 0.4) is 0 Å². The Balaban J connectivity index is 1.81. The maximum Gasteiger partial charge on any atom is 0.0399 e. The molecule has 1 aliphatic carbocycles. The smallest absolute Gasteiger partial charge is 0.0399 e. The van der Waals surface area contributed by atoms with Crippen molar-refractivity contribution in [2.75, 3.05) is 29.7 Å². The summed E-state index contributed by atoms with van der Waals surface area (Å²) in [7, 11) is 0. The van der Waals surface area contributed by atoms with E-state index in [1.807, 2.05) is 0 Å². The molecule has 0 saturated heterocycles. The van der Waals surface area contributed by atoms with Crippen LogP contribution in [0, 0.1) is 0 Å². The fraction of sp³-hybridized carbons (Fsp3) is 0.200.